The topological polar surface area (TPSA) is 87.6 Å². The predicted molar refractivity (Wildman–Crippen MR) is 118 cm³/mol. The minimum Gasteiger partial charge on any atom is -0.385 e. The molecular weight excluding hydrogens is 364 g/mol. The molecule has 7 heteroatoms. The number of fused-ring (bicyclic) bond motifs is 2. The fraction of sp³-hybridized carbons (Fsp3) is 0.318. The van der Waals surface area contributed by atoms with Crippen molar-refractivity contribution in [3.8, 4) is 0 Å². The van der Waals surface area contributed by atoms with Gasteiger partial charge in [0.05, 0.1) is 16.6 Å². The van der Waals surface area contributed by atoms with Crippen LogP contribution in [0.4, 0.5) is 11.5 Å². The van der Waals surface area contributed by atoms with Gasteiger partial charge in [-0.15, -0.1) is 0 Å². The molecule has 150 valence electrons. The fourth-order valence-corrected chi connectivity index (χ4v) is 3.59. The van der Waals surface area contributed by atoms with E-state index in [1.807, 2.05) is 31.2 Å². The number of aromatic amines is 1. The molecule has 0 fully saturated rings. The maximum Gasteiger partial charge on any atom is 0.326 e. The molecule has 0 aliphatic heterocycles. The molecule has 4 aromatic rings. The van der Waals surface area contributed by atoms with Crippen LogP contribution in [-0.4, -0.2) is 26.1 Å². The first kappa shape index (κ1) is 19.0. The van der Waals surface area contributed by atoms with Crippen molar-refractivity contribution in [1.82, 2.24) is 19.5 Å². The number of anilines is 2. The molecule has 4 rings (SSSR count). The second kappa shape index (κ2) is 8.34. The van der Waals surface area contributed by atoms with E-state index in [4.69, 9.17) is 0 Å². The number of rotatable bonds is 8. The maximum absolute atomic E-state index is 12.1. The lowest BCUT2D eigenvalue weighted by Crippen LogP contribution is -2.14. The number of hydrogen-bond donors (Lipinski definition) is 3. The third-order valence-corrected chi connectivity index (χ3v) is 5.16. The highest BCUT2D eigenvalue weighted by atomic mass is 16.1. The molecule has 29 heavy (non-hydrogen) atoms. The zero-order valence-electron chi connectivity index (χ0n) is 16.8. The summed E-state index contributed by atoms with van der Waals surface area (Å²) in [5, 5.41) is 7.85. The van der Waals surface area contributed by atoms with Crippen molar-refractivity contribution in [3.63, 3.8) is 0 Å². The van der Waals surface area contributed by atoms with Gasteiger partial charge in [0, 0.05) is 30.7 Å². The number of nitrogens with one attached hydrogen (secondary N) is 3. The van der Waals surface area contributed by atoms with E-state index in [9.17, 15) is 4.79 Å². The third kappa shape index (κ3) is 3.81. The summed E-state index contributed by atoms with van der Waals surface area (Å²) < 4.78 is 1.71. The van der Waals surface area contributed by atoms with Crippen molar-refractivity contribution in [2.45, 2.75) is 39.8 Å². The smallest absolute Gasteiger partial charge is 0.326 e. The Labute approximate surface area is 169 Å². The molecule has 2 aromatic heterocycles. The van der Waals surface area contributed by atoms with Crippen LogP contribution in [0.1, 0.15) is 32.3 Å². The predicted octanol–water partition coefficient (Wildman–Crippen LogP) is 4.12. The molecule has 0 aliphatic rings. The summed E-state index contributed by atoms with van der Waals surface area (Å²) in [6.45, 7) is 6.37. The van der Waals surface area contributed by atoms with Gasteiger partial charge in [-0.25, -0.2) is 14.8 Å². The molecule has 0 spiro atoms. The van der Waals surface area contributed by atoms with E-state index >= 15 is 0 Å². The van der Waals surface area contributed by atoms with Gasteiger partial charge < -0.3 is 15.6 Å². The van der Waals surface area contributed by atoms with Gasteiger partial charge in [0.2, 0.25) is 0 Å². The van der Waals surface area contributed by atoms with Crippen LogP contribution in [0, 0.1) is 0 Å². The molecule has 0 amide bonds. The number of nitrogens with zero attached hydrogens (tertiary/aromatic N) is 3. The monoisotopic (exact) mass is 390 g/mol. The van der Waals surface area contributed by atoms with E-state index in [0.29, 0.717) is 13.1 Å². The van der Waals surface area contributed by atoms with E-state index in [2.05, 4.69) is 44.6 Å². The lowest BCUT2D eigenvalue weighted by atomic mass is 10.1. The van der Waals surface area contributed by atoms with E-state index in [0.717, 1.165) is 52.8 Å². The Morgan fingerprint density at radius 2 is 1.97 bits per heavy atom. The molecule has 0 saturated carbocycles. The number of para-hydroxylation sites is 1. The van der Waals surface area contributed by atoms with Gasteiger partial charge >= 0.3 is 5.69 Å². The minimum atomic E-state index is -0.104. The van der Waals surface area contributed by atoms with Gasteiger partial charge in [-0.2, -0.15) is 0 Å². The van der Waals surface area contributed by atoms with Crippen LogP contribution in [0.2, 0.25) is 0 Å². The minimum absolute atomic E-state index is 0.104. The van der Waals surface area contributed by atoms with Crippen molar-refractivity contribution >= 4 is 33.4 Å². The standard InChI is InChI=1S/C22H26N6O/c1-3-5-10-23-17-9-7-6-8-15(17)13-24-21-16-11-19-20(12-18(16)25-14-26-21)28(4-2)22(29)27-19/h6-9,11-12,14,23H,3-5,10,13H2,1-2H3,(H,27,29)(H,24,25,26). The van der Waals surface area contributed by atoms with Crippen LogP contribution in [0.15, 0.2) is 47.5 Å². The number of aryl methyl sites for hydroxylation is 1. The average Bonchev–Trinajstić information content (AvgIpc) is 3.05. The maximum atomic E-state index is 12.1. The Bertz CT molecular complexity index is 1190. The Kier molecular flexibility index (Phi) is 5.46. The zero-order valence-corrected chi connectivity index (χ0v) is 16.8. The quantitative estimate of drug-likeness (QED) is 0.394. The molecule has 2 heterocycles. The first-order valence-electron chi connectivity index (χ1n) is 10.1. The van der Waals surface area contributed by atoms with Crippen molar-refractivity contribution in [1.29, 1.82) is 0 Å². The molecule has 0 aliphatic carbocycles. The van der Waals surface area contributed by atoms with E-state index in [1.165, 1.54) is 5.56 Å². The van der Waals surface area contributed by atoms with Gasteiger partial charge in [0.15, 0.2) is 0 Å². The summed E-state index contributed by atoms with van der Waals surface area (Å²) >= 11 is 0. The number of unbranched alkanes of at least 4 members (excludes halogenated alkanes) is 1. The van der Waals surface area contributed by atoms with Crippen molar-refractivity contribution < 1.29 is 0 Å². The largest absolute Gasteiger partial charge is 0.385 e. The highest BCUT2D eigenvalue weighted by Gasteiger charge is 2.11. The highest BCUT2D eigenvalue weighted by molar-refractivity contribution is 5.98. The Morgan fingerprint density at radius 3 is 2.79 bits per heavy atom. The zero-order chi connectivity index (χ0) is 20.2. The molecule has 2 aromatic carbocycles. The molecule has 0 unspecified atom stereocenters. The van der Waals surface area contributed by atoms with Crippen LogP contribution < -0.4 is 16.3 Å². The molecule has 0 saturated heterocycles. The van der Waals surface area contributed by atoms with Crippen LogP contribution in [0.25, 0.3) is 21.9 Å². The van der Waals surface area contributed by atoms with E-state index in [1.54, 1.807) is 10.9 Å². The SMILES string of the molecule is CCCCNc1ccccc1CNc1ncnc2cc3c(cc12)[nH]c(=O)n3CC. The molecule has 3 N–H and O–H groups in total. The van der Waals surface area contributed by atoms with Gasteiger partial charge in [-0.1, -0.05) is 31.5 Å². The Balaban J connectivity index is 1.64. The number of hydrogen-bond acceptors (Lipinski definition) is 5. The summed E-state index contributed by atoms with van der Waals surface area (Å²) in [5.41, 5.74) is 4.68. The van der Waals surface area contributed by atoms with Crippen LogP contribution in [0.3, 0.4) is 0 Å². The van der Waals surface area contributed by atoms with Gasteiger partial charge in [0.25, 0.3) is 0 Å². The molecule has 7 nitrogen and oxygen atoms in total. The highest BCUT2D eigenvalue weighted by Crippen LogP contribution is 2.25. The van der Waals surface area contributed by atoms with Crippen molar-refractivity contribution in [2.24, 2.45) is 0 Å². The molecule has 0 atom stereocenters. The summed E-state index contributed by atoms with van der Waals surface area (Å²) in [4.78, 5) is 23.9. The fourth-order valence-electron chi connectivity index (χ4n) is 3.59. The second-order valence-electron chi connectivity index (χ2n) is 7.07. The van der Waals surface area contributed by atoms with Gasteiger partial charge in [0.1, 0.15) is 12.1 Å². The van der Waals surface area contributed by atoms with E-state index in [-0.39, 0.29) is 5.69 Å². The first-order chi connectivity index (χ1) is 14.2. The number of benzene rings is 2. The second-order valence-corrected chi connectivity index (χ2v) is 7.07. The first-order valence-corrected chi connectivity index (χ1v) is 10.1. The third-order valence-electron chi connectivity index (χ3n) is 5.16. The normalized spacial score (nSPS) is 11.2. The van der Waals surface area contributed by atoms with Gasteiger partial charge in [-0.3, -0.25) is 4.57 Å². The molecule has 0 bridgehead atoms. The Morgan fingerprint density at radius 1 is 1.10 bits per heavy atom. The van der Waals surface area contributed by atoms with Crippen molar-refractivity contribution in [2.75, 3.05) is 17.2 Å². The number of aromatic nitrogens is 4. The summed E-state index contributed by atoms with van der Waals surface area (Å²) in [5.74, 6) is 0.755. The number of imidazole rings is 1. The van der Waals surface area contributed by atoms with Crippen molar-refractivity contribution in [3.05, 3.63) is 58.8 Å². The van der Waals surface area contributed by atoms with Crippen LogP contribution >= 0.6 is 0 Å². The molecule has 0 radical (unpaired) electrons. The summed E-state index contributed by atoms with van der Waals surface area (Å²) in [6, 6.07) is 12.2. The van der Waals surface area contributed by atoms with E-state index < -0.39 is 0 Å². The summed E-state index contributed by atoms with van der Waals surface area (Å²) in [7, 11) is 0. The number of H-pyrrole nitrogens is 1. The average molecular weight is 390 g/mol. The van der Waals surface area contributed by atoms with Crippen LogP contribution in [-0.2, 0) is 13.1 Å². The summed E-state index contributed by atoms with van der Waals surface area (Å²) in [6.07, 6.45) is 3.86. The van der Waals surface area contributed by atoms with Crippen LogP contribution in [0.5, 0.6) is 0 Å². The lowest BCUT2D eigenvalue weighted by molar-refractivity contribution is 0.753. The Hall–Kier alpha value is -3.35. The molecular formula is C22H26N6O. The lowest BCUT2D eigenvalue weighted by Gasteiger charge is -2.14. The van der Waals surface area contributed by atoms with Gasteiger partial charge in [-0.05, 0) is 37.1 Å².